The second-order valence-electron chi connectivity index (χ2n) is 5.86. The molecule has 3 rings (SSSR count). The van der Waals surface area contributed by atoms with Crippen molar-refractivity contribution in [2.75, 3.05) is 0 Å². The van der Waals surface area contributed by atoms with Gasteiger partial charge in [0.2, 0.25) is 0 Å². The fourth-order valence-electron chi connectivity index (χ4n) is 3.62. The highest BCUT2D eigenvalue weighted by atomic mass is 14.7. The summed E-state index contributed by atoms with van der Waals surface area (Å²) < 4.78 is 0. The molecule has 0 amide bonds. The molecule has 1 aromatic rings. The topological polar surface area (TPSA) is 12.9 Å². The lowest BCUT2D eigenvalue weighted by Crippen LogP contribution is -2.12. The molecule has 19 heavy (non-hydrogen) atoms. The van der Waals surface area contributed by atoms with Crippen LogP contribution in [0.15, 0.2) is 36.6 Å². The van der Waals surface area contributed by atoms with E-state index in [-0.39, 0.29) is 0 Å². The molecule has 2 aliphatic carbocycles. The summed E-state index contributed by atoms with van der Waals surface area (Å²) in [5.41, 5.74) is 4.40. The summed E-state index contributed by atoms with van der Waals surface area (Å²) in [4.78, 5) is 4.57. The van der Waals surface area contributed by atoms with E-state index in [9.17, 15) is 0 Å². The van der Waals surface area contributed by atoms with Crippen LogP contribution < -0.4 is 0 Å². The van der Waals surface area contributed by atoms with Crippen LogP contribution in [0.5, 0.6) is 0 Å². The number of hydrogen-bond donors (Lipinski definition) is 0. The minimum Gasteiger partial charge on any atom is -0.261 e. The van der Waals surface area contributed by atoms with E-state index in [0.29, 0.717) is 11.8 Å². The van der Waals surface area contributed by atoms with Crippen molar-refractivity contribution in [2.45, 2.75) is 57.3 Å². The van der Waals surface area contributed by atoms with E-state index in [1.54, 1.807) is 11.1 Å². The predicted molar refractivity (Wildman–Crippen MR) is 80.4 cm³/mol. The Balaban J connectivity index is 1.96. The third-order valence-corrected chi connectivity index (χ3v) is 4.61. The van der Waals surface area contributed by atoms with E-state index in [0.717, 1.165) is 0 Å². The standard InChI is InChI=1S/C18H23N/c1-14-18(16-10-6-3-7-11-16)17(12-13-19-14)15-8-4-2-5-9-15/h2-4,6,12-13,15-16H,5,7-11H2,1H3. The fraction of sp³-hybridized carbons (Fsp3) is 0.500. The van der Waals surface area contributed by atoms with Gasteiger partial charge in [-0.15, -0.1) is 0 Å². The highest BCUT2D eigenvalue weighted by Gasteiger charge is 2.23. The molecule has 0 bridgehead atoms. The summed E-state index contributed by atoms with van der Waals surface area (Å²) in [6, 6.07) is 2.28. The Labute approximate surface area is 116 Å². The molecule has 0 saturated carbocycles. The maximum Gasteiger partial charge on any atom is 0.0410 e. The maximum absolute atomic E-state index is 4.57. The normalized spacial score (nSPS) is 26.6. The molecule has 1 aromatic heterocycles. The van der Waals surface area contributed by atoms with Gasteiger partial charge in [-0.1, -0.05) is 24.3 Å². The van der Waals surface area contributed by atoms with Crippen LogP contribution in [0.3, 0.4) is 0 Å². The molecule has 0 aromatic carbocycles. The van der Waals surface area contributed by atoms with Gasteiger partial charge in [-0.3, -0.25) is 4.98 Å². The van der Waals surface area contributed by atoms with Gasteiger partial charge in [0.1, 0.15) is 0 Å². The zero-order valence-corrected chi connectivity index (χ0v) is 11.8. The lowest BCUT2D eigenvalue weighted by molar-refractivity contribution is 0.568. The third-order valence-electron chi connectivity index (χ3n) is 4.61. The molecule has 1 heteroatoms. The quantitative estimate of drug-likeness (QED) is 0.673. The molecular weight excluding hydrogens is 230 g/mol. The lowest BCUT2D eigenvalue weighted by atomic mass is 9.78. The van der Waals surface area contributed by atoms with Gasteiger partial charge < -0.3 is 0 Å². The van der Waals surface area contributed by atoms with E-state index < -0.39 is 0 Å². The molecular formula is C18H23N. The monoisotopic (exact) mass is 253 g/mol. The van der Waals surface area contributed by atoms with Gasteiger partial charge in [0.25, 0.3) is 0 Å². The molecule has 2 atom stereocenters. The van der Waals surface area contributed by atoms with Gasteiger partial charge in [-0.05, 0) is 74.5 Å². The second kappa shape index (κ2) is 5.73. The van der Waals surface area contributed by atoms with Gasteiger partial charge in [-0.2, -0.15) is 0 Å². The third kappa shape index (κ3) is 2.65. The van der Waals surface area contributed by atoms with Crippen molar-refractivity contribution in [3.63, 3.8) is 0 Å². The average molecular weight is 253 g/mol. The summed E-state index contributed by atoms with van der Waals surface area (Å²) in [5.74, 6) is 1.41. The summed E-state index contributed by atoms with van der Waals surface area (Å²) in [5, 5.41) is 0. The van der Waals surface area contributed by atoms with Crippen molar-refractivity contribution in [2.24, 2.45) is 0 Å². The predicted octanol–water partition coefficient (Wildman–Crippen LogP) is 5.04. The largest absolute Gasteiger partial charge is 0.261 e. The Bertz CT molecular complexity index is 498. The van der Waals surface area contributed by atoms with Crippen molar-refractivity contribution in [3.05, 3.63) is 53.4 Å². The second-order valence-corrected chi connectivity index (χ2v) is 5.86. The van der Waals surface area contributed by atoms with Gasteiger partial charge >= 0.3 is 0 Å². The Hall–Kier alpha value is -1.37. The zero-order valence-electron chi connectivity index (χ0n) is 11.8. The van der Waals surface area contributed by atoms with Crippen molar-refractivity contribution in [1.82, 2.24) is 4.98 Å². The first-order valence-electron chi connectivity index (χ1n) is 7.61. The van der Waals surface area contributed by atoms with Crippen molar-refractivity contribution in [1.29, 1.82) is 0 Å². The molecule has 0 N–H and O–H groups in total. The first-order valence-corrected chi connectivity index (χ1v) is 7.61. The molecule has 0 radical (unpaired) electrons. The van der Waals surface area contributed by atoms with E-state index in [4.69, 9.17) is 0 Å². The van der Waals surface area contributed by atoms with Crippen LogP contribution >= 0.6 is 0 Å². The van der Waals surface area contributed by atoms with Crippen LogP contribution in [0.1, 0.15) is 67.2 Å². The first-order chi connectivity index (χ1) is 9.36. The SMILES string of the molecule is Cc1nccc(C2CC=CCC2)c1C1CC=CCC1. The number of nitrogens with zero attached hydrogens (tertiary/aromatic N) is 1. The molecule has 1 nitrogen and oxygen atoms in total. The maximum atomic E-state index is 4.57. The molecule has 0 aliphatic heterocycles. The first kappa shape index (κ1) is 12.7. The number of allylic oxidation sites excluding steroid dienone is 4. The molecule has 0 spiro atoms. The van der Waals surface area contributed by atoms with Crippen LogP contribution in [0.2, 0.25) is 0 Å². The number of pyridine rings is 1. The van der Waals surface area contributed by atoms with Gasteiger partial charge in [0, 0.05) is 11.9 Å². The van der Waals surface area contributed by atoms with Crippen molar-refractivity contribution in [3.8, 4) is 0 Å². The number of aromatic nitrogens is 1. The summed E-state index contributed by atoms with van der Waals surface area (Å²) in [6.07, 6.45) is 18.8. The average Bonchev–Trinajstić information content (AvgIpc) is 2.49. The van der Waals surface area contributed by atoms with Gasteiger partial charge in [-0.25, -0.2) is 0 Å². The van der Waals surface area contributed by atoms with Crippen molar-refractivity contribution >= 4 is 0 Å². The van der Waals surface area contributed by atoms with E-state index in [1.807, 2.05) is 6.20 Å². The van der Waals surface area contributed by atoms with Gasteiger partial charge in [0.05, 0.1) is 0 Å². The van der Waals surface area contributed by atoms with Gasteiger partial charge in [0.15, 0.2) is 0 Å². The fourth-order valence-corrected chi connectivity index (χ4v) is 3.62. The van der Waals surface area contributed by atoms with Crippen LogP contribution in [0.25, 0.3) is 0 Å². The molecule has 100 valence electrons. The summed E-state index contributed by atoms with van der Waals surface area (Å²) >= 11 is 0. The zero-order chi connectivity index (χ0) is 13.1. The van der Waals surface area contributed by atoms with Crippen molar-refractivity contribution < 1.29 is 0 Å². The highest BCUT2D eigenvalue weighted by molar-refractivity contribution is 5.37. The molecule has 2 unspecified atom stereocenters. The minimum absolute atomic E-state index is 0.694. The summed E-state index contributed by atoms with van der Waals surface area (Å²) in [7, 11) is 0. The number of hydrogen-bond acceptors (Lipinski definition) is 1. The number of rotatable bonds is 2. The Morgan fingerprint density at radius 3 is 2.26 bits per heavy atom. The lowest BCUT2D eigenvalue weighted by Gasteiger charge is -2.27. The van der Waals surface area contributed by atoms with Crippen LogP contribution in [0.4, 0.5) is 0 Å². The molecule has 1 heterocycles. The Morgan fingerprint density at radius 1 is 0.947 bits per heavy atom. The van der Waals surface area contributed by atoms with E-state index >= 15 is 0 Å². The minimum atomic E-state index is 0.694. The Kier molecular flexibility index (Phi) is 3.82. The Morgan fingerprint density at radius 2 is 1.63 bits per heavy atom. The smallest absolute Gasteiger partial charge is 0.0410 e. The highest BCUT2D eigenvalue weighted by Crippen LogP contribution is 2.39. The van der Waals surface area contributed by atoms with Crippen LogP contribution in [-0.2, 0) is 0 Å². The molecule has 0 saturated heterocycles. The van der Waals surface area contributed by atoms with Crippen LogP contribution in [0, 0.1) is 6.92 Å². The van der Waals surface area contributed by atoms with E-state index in [1.165, 1.54) is 44.2 Å². The van der Waals surface area contributed by atoms with E-state index in [2.05, 4.69) is 42.3 Å². The van der Waals surface area contributed by atoms with Crippen LogP contribution in [-0.4, -0.2) is 4.98 Å². The molecule has 0 fully saturated rings. The number of aryl methyl sites for hydroxylation is 1. The molecule has 2 aliphatic rings. The summed E-state index contributed by atoms with van der Waals surface area (Å²) in [6.45, 7) is 2.19.